The van der Waals surface area contributed by atoms with Gasteiger partial charge in [-0.2, -0.15) is 0 Å². The first kappa shape index (κ1) is 12.5. The Morgan fingerprint density at radius 3 is 2.70 bits per heavy atom. The third-order valence-electron chi connectivity index (χ3n) is 3.19. The van der Waals surface area contributed by atoms with E-state index in [1.807, 2.05) is 0 Å². The molecule has 0 aliphatic carbocycles. The van der Waals surface area contributed by atoms with Crippen molar-refractivity contribution >= 4 is 22.7 Å². The number of nitrogens with zero attached hydrogens (tertiary/aromatic N) is 1. The van der Waals surface area contributed by atoms with Gasteiger partial charge < -0.3 is 18.8 Å². The lowest BCUT2D eigenvalue weighted by molar-refractivity contribution is -0.137. The van der Waals surface area contributed by atoms with Crippen molar-refractivity contribution in [2.75, 3.05) is 13.4 Å². The monoisotopic (exact) mass is 275 g/mol. The predicted molar refractivity (Wildman–Crippen MR) is 70.0 cm³/mol. The Bertz CT molecular complexity index is 716. The van der Waals surface area contributed by atoms with Gasteiger partial charge in [0.1, 0.15) is 0 Å². The number of fused-ring (bicyclic) bond motifs is 2. The zero-order valence-corrected chi connectivity index (χ0v) is 11.1. The van der Waals surface area contributed by atoms with Crippen LogP contribution in [0.1, 0.15) is 17.3 Å². The van der Waals surface area contributed by atoms with Crippen molar-refractivity contribution in [1.29, 1.82) is 0 Å². The third-order valence-corrected chi connectivity index (χ3v) is 3.19. The van der Waals surface area contributed by atoms with Crippen LogP contribution in [0.5, 0.6) is 11.5 Å². The Balaban J connectivity index is 2.12. The van der Waals surface area contributed by atoms with Gasteiger partial charge in [-0.05, 0) is 13.0 Å². The smallest absolute Gasteiger partial charge is 0.379 e. The Morgan fingerprint density at radius 2 is 2.00 bits per heavy atom. The molecule has 6 nitrogen and oxygen atoms in total. The summed E-state index contributed by atoms with van der Waals surface area (Å²) in [7, 11) is 1.80. The summed E-state index contributed by atoms with van der Waals surface area (Å²) in [6.45, 7) is 1.99. The summed E-state index contributed by atoms with van der Waals surface area (Å²) in [5, 5.41) is 0.648. The minimum Gasteiger partial charge on any atom is -0.460 e. The molecule has 1 aliphatic heterocycles. The van der Waals surface area contributed by atoms with Crippen molar-refractivity contribution in [3.05, 3.63) is 23.9 Å². The molecule has 6 heteroatoms. The van der Waals surface area contributed by atoms with E-state index in [1.54, 1.807) is 36.9 Å². The Labute approximate surface area is 114 Å². The van der Waals surface area contributed by atoms with E-state index < -0.39 is 11.8 Å². The number of carbonyl (C=O) groups excluding carboxylic acids is 2. The fraction of sp³-hybridized carbons (Fsp3) is 0.286. The maximum atomic E-state index is 12.1. The van der Waals surface area contributed by atoms with E-state index in [0.717, 1.165) is 5.52 Å². The summed E-state index contributed by atoms with van der Waals surface area (Å²) in [6.07, 6.45) is 1.61. The largest absolute Gasteiger partial charge is 0.460 e. The van der Waals surface area contributed by atoms with Gasteiger partial charge in [0.2, 0.25) is 6.79 Å². The first-order valence-electron chi connectivity index (χ1n) is 6.22. The second-order valence-electron chi connectivity index (χ2n) is 4.43. The zero-order chi connectivity index (χ0) is 14.3. The molecule has 0 unspecified atom stereocenters. The molecule has 1 aliphatic rings. The second-order valence-corrected chi connectivity index (χ2v) is 4.43. The topological polar surface area (TPSA) is 66.8 Å². The molecule has 0 atom stereocenters. The molecule has 2 aromatic rings. The van der Waals surface area contributed by atoms with Crippen LogP contribution in [0.3, 0.4) is 0 Å². The van der Waals surface area contributed by atoms with Crippen LogP contribution < -0.4 is 9.47 Å². The Kier molecular flexibility index (Phi) is 2.85. The zero-order valence-electron chi connectivity index (χ0n) is 11.1. The highest BCUT2D eigenvalue weighted by atomic mass is 16.7. The summed E-state index contributed by atoms with van der Waals surface area (Å²) in [4.78, 5) is 23.7. The summed E-state index contributed by atoms with van der Waals surface area (Å²) >= 11 is 0. The molecule has 0 fully saturated rings. The van der Waals surface area contributed by atoms with Gasteiger partial charge in [0.05, 0.1) is 17.7 Å². The number of hydrogen-bond donors (Lipinski definition) is 0. The standard InChI is InChI=1S/C14H13NO5/c1-3-18-14(17)13(16)9-6-15(2)10-5-12-11(4-8(9)10)19-7-20-12/h4-6H,3,7H2,1-2H3. The van der Waals surface area contributed by atoms with Crippen LogP contribution in [0.25, 0.3) is 10.9 Å². The molecule has 3 rings (SSSR count). The van der Waals surface area contributed by atoms with Crippen LogP contribution in [0.4, 0.5) is 0 Å². The van der Waals surface area contributed by atoms with Crippen LogP contribution in [-0.4, -0.2) is 29.7 Å². The van der Waals surface area contributed by atoms with Gasteiger partial charge in [-0.3, -0.25) is 4.79 Å². The summed E-state index contributed by atoms with van der Waals surface area (Å²) in [5.74, 6) is -0.301. The third kappa shape index (κ3) is 1.80. The quantitative estimate of drug-likeness (QED) is 0.484. The number of aromatic nitrogens is 1. The lowest BCUT2D eigenvalue weighted by atomic mass is 10.1. The summed E-state index contributed by atoms with van der Waals surface area (Å²) in [5.41, 5.74) is 1.10. The molecule has 2 heterocycles. The van der Waals surface area contributed by atoms with E-state index in [4.69, 9.17) is 14.2 Å². The number of hydrogen-bond acceptors (Lipinski definition) is 5. The molecule has 20 heavy (non-hydrogen) atoms. The van der Waals surface area contributed by atoms with Crippen molar-refractivity contribution in [3.8, 4) is 11.5 Å². The number of ether oxygens (including phenoxy) is 3. The van der Waals surface area contributed by atoms with Gasteiger partial charge in [-0.1, -0.05) is 0 Å². The highest BCUT2D eigenvalue weighted by Crippen LogP contribution is 2.37. The molecular weight excluding hydrogens is 262 g/mol. The number of carbonyl (C=O) groups is 2. The highest BCUT2D eigenvalue weighted by Gasteiger charge is 2.24. The molecule has 0 spiro atoms. The molecule has 1 aromatic carbocycles. The summed E-state index contributed by atoms with van der Waals surface area (Å²) in [6, 6.07) is 3.50. The van der Waals surface area contributed by atoms with Gasteiger partial charge in [0.15, 0.2) is 11.5 Å². The number of rotatable bonds is 3. The van der Waals surface area contributed by atoms with Crippen LogP contribution >= 0.6 is 0 Å². The lowest BCUT2D eigenvalue weighted by Gasteiger charge is -2.01. The van der Waals surface area contributed by atoms with Crippen LogP contribution in [0.15, 0.2) is 18.3 Å². The average Bonchev–Trinajstić information content (AvgIpc) is 3.01. The normalized spacial score (nSPS) is 12.7. The number of aryl methyl sites for hydroxylation is 1. The number of esters is 1. The Morgan fingerprint density at radius 1 is 1.30 bits per heavy atom. The SMILES string of the molecule is CCOC(=O)C(=O)c1cn(C)c2cc3c(cc12)OCO3. The first-order valence-corrected chi connectivity index (χ1v) is 6.22. The molecule has 0 saturated heterocycles. The number of benzene rings is 1. The van der Waals surface area contributed by atoms with E-state index in [0.29, 0.717) is 22.4 Å². The molecule has 0 radical (unpaired) electrons. The molecule has 1 aromatic heterocycles. The molecular formula is C14H13NO5. The van der Waals surface area contributed by atoms with Crippen molar-refractivity contribution < 1.29 is 23.8 Å². The maximum Gasteiger partial charge on any atom is 0.379 e. The van der Waals surface area contributed by atoms with Gasteiger partial charge in [0, 0.05) is 24.7 Å². The number of ketones is 1. The van der Waals surface area contributed by atoms with Crippen LogP contribution in [-0.2, 0) is 16.6 Å². The highest BCUT2D eigenvalue weighted by molar-refractivity contribution is 6.43. The molecule has 0 amide bonds. The first-order chi connectivity index (χ1) is 9.61. The van der Waals surface area contributed by atoms with Crippen molar-refractivity contribution in [3.63, 3.8) is 0 Å². The van der Waals surface area contributed by atoms with Gasteiger partial charge >= 0.3 is 5.97 Å². The second kappa shape index (κ2) is 4.56. The predicted octanol–water partition coefficient (Wildman–Crippen LogP) is 1.65. The fourth-order valence-corrected chi connectivity index (χ4v) is 2.26. The van der Waals surface area contributed by atoms with E-state index in [-0.39, 0.29) is 13.4 Å². The van der Waals surface area contributed by atoms with Crippen molar-refractivity contribution in [1.82, 2.24) is 4.57 Å². The molecule has 0 saturated carbocycles. The minimum absolute atomic E-state index is 0.160. The van der Waals surface area contributed by atoms with E-state index >= 15 is 0 Å². The van der Waals surface area contributed by atoms with Crippen molar-refractivity contribution in [2.24, 2.45) is 7.05 Å². The van der Waals surface area contributed by atoms with Crippen LogP contribution in [0, 0.1) is 0 Å². The van der Waals surface area contributed by atoms with E-state index in [2.05, 4.69) is 0 Å². The fourth-order valence-electron chi connectivity index (χ4n) is 2.26. The van der Waals surface area contributed by atoms with E-state index in [1.165, 1.54) is 0 Å². The van der Waals surface area contributed by atoms with Gasteiger partial charge in [0.25, 0.3) is 5.78 Å². The Hall–Kier alpha value is -2.50. The van der Waals surface area contributed by atoms with E-state index in [9.17, 15) is 9.59 Å². The minimum atomic E-state index is -0.849. The molecule has 0 bridgehead atoms. The number of Topliss-reactive ketones (excluding diaryl/α,β-unsaturated/α-hetero) is 1. The van der Waals surface area contributed by atoms with Gasteiger partial charge in [-0.25, -0.2) is 4.79 Å². The van der Waals surface area contributed by atoms with Crippen molar-refractivity contribution in [2.45, 2.75) is 6.92 Å². The van der Waals surface area contributed by atoms with Gasteiger partial charge in [-0.15, -0.1) is 0 Å². The maximum absolute atomic E-state index is 12.1. The van der Waals surface area contributed by atoms with Crippen LogP contribution in [0.2, 0.25) is 0 Å². The molecule has 104 valence electrons. The summed E-state index contributed by atoms with van der Waals surface area (Å²) < 4.78 is 17.1. The lowest BCUT2D eigenvalue weighted by Crippen LogP contribution is -2.17. The molecule has 0 N–H and O–H groups in total. The average molecular weight is 275 g/mol.